The normalized spacial score (nSPS) is 11.3. The van der Waals surface area contributed by atoms with Gasteiger partial charge in [-0.25, -0.2) is 0 Å². The van der Waals surface area contributed by atoms with Gasteiger partial charge in [0.05, 0.1) is 5.41 Å². The van der Waals surface area contributed by atoms with Gasteiger partial charge in [-0.2, -0.15) is 0 Å². The fourth-order valence-corrected chi connectivity index (χ4v) is 2.91. The van der Waals surface area contributed by atoms with E-state index in [2.05, 4.69) is 6.92 Å². The molecule has 19 heavy (non-hydrogen) atoms. The van der Waals surface area contributed by atoms with Gasteiger partial charge >= 0.3 is 0 Å². The first-order chi connectivity index (χ1) is 9.21. The number of halogens is 1. The summed E-state index contributed by atoms with van der Waals surface area (Å²) < 4.78 is 0. The van der Waals surface area contributed by atoms with Crippen LogP contribution in [0.25, 0.3) is 0 Å². The summed E-state index contributed by atoms with van der Waals surface area (Å²) >= 11 is 6.01. The Bertz CT molecular complexity index is 494. The molecule has 0 amide bonds. The van der Waals surface area contributed by atoms with Crippen molar-refractivity contribution in [3.8, 4) is 0 Å². The molecule has 0 atom stereocenters. The average molecular weight is 273 g/mol. The van der Waals surface area contributed by atoms with Crippen LogP contribution in [-0.4, -0.2) is 5.24 Å². The van der Waals surface area contributed by atoms with E-state index in [1.54, 1.807) is 0 Å². The third-order valence-electron chi connectivity index (χ3n) is 3.49. The van der Waals surface area contributed by atoms with E-state index in [1.165, 1.54) is 0 Å². The molecule has 2 aromatic carbocycles. The van der Waals surface area contributed by atoms with Crippen molar-refractivity contribution in [2.45, 2.75) is 25.2 Å². The molecule has 0 aromatic heterocycles. The van der Waals surface area contributed by atoms with Crippen molar-refractivity contribution >= 4 is 16.8 Å². The summed E-state index contributed by atoms with van der Waals surface area (Å²) in [5, 5.41) is -0.313. The van der Waals surface area contributed by atoms with Gasteiger partial charge in [0.15, 0.2) is 0 Å². The second kappa shape index (κ2) is 6.03. The predicted octanol–water partition coefficient (Wildman–Crippen LogP) is 4.54. The summed E-state index contributed by atoms with van der Waals surface area (Å²) in [7, 11) is 0. The first-order valence-electron chi connectivity index (χ1n) is 6.53. The van der Waals surface area contributed by atoms with Crippen LogP contribution in [0.15, 0.2) is 60.7 Å². The minimum atomic E-state index is -0.737. The molecule has 0 saturated carbocycles. The van der Waals surface area contributed by atoms with Crippen LogP contribution in [0.1, 0.15) is 30.9 Å². The molecule has 0 radical (unpaired) electrons. The van der Waals surface area contributed by atoms with Gasteiger partial charge in [-0.1, -0.05) is 74.0 Å². The van der Waals surface area contributed by atoms with Gasteiger partial charge in [-0.05, 0) is 29.1 Å². The molecular weight excluding hydrogens is 256 g/mol. The molecule has 98 valence electrons. The Morgan fingerprint density at radius 3 is 1.68 bits per heavy atom. The van der Waals surface area contributed by atoms with Crippen LogP contribution in [-0.2, 0) is 10.2 Å². The van der Waals surface area contributed by atoms with Crippen LogP contribution in [0.5, 0.6) is 0 Å². The highest BCUT2D eigenvalue weighted by Gasteiger charge is 2.39. The van der Waals surface area contributed by atoms with Gasteiger partial charge in [0, 0.05) is 0 Å². The highest BCUT2D eigenvalue weighted by Crippen LogP contribution is 2.38. The smallest absolute Gasteiger partial charge is 0.236 e. The molecule has 2 aromatic rings. The molecule has 0 spiro atoms. The summed E-state index contributed by atoms with van der Waals surface area (Å²) in [6.07, 6.45) is 1.60. The predicted molar refractivity (Wildman–Crippen MR) is 79.4 cm³/mol. The van der Waals surface area contributed by atoms with Crippen molar-refractivity contribution in [3.05, 3.63) is 71.8 Å². The van der Waals surface area contributed by atoms with Crippen molar-refractivity contribution in [2.75, 3.05) is 0 Å². The average Bonchev–Trinajstić information content (AvgIpc) is 2.46. The SMILES string of the molecule is CCCC(C(=O)Cl)(c1ccccc1)c1ccccc1. The summed E-state index contributed by atoms with van der Waals surface area (Å²) in [6, 6.07) is 19.6. The number of hydrogen-bond acceptors (Lipinski definition) is 1. The van der Waals surface area contributed by atoms with Gasteiger partial charge in [-0.3, -0.25) is 4.79 Å². The minimum absolute atomic E-state index is 0.313. The lowest BCUT2D eigenvalue weighted by Crippen LogP contribution is -2.34. The quantitative estimate of drug-likeness (QED) is 0.731. The van der Waals surface area contributed by atoms with Crippen LogP contribution in [0.4, 0.5) is 0 Å². The van der Waals surface area contributed by atoms with E-state index < -0.39 is 5.41 Å². The van der Waals surface area contributed by atoms with E-state index in [0.29, 0.717) is 6.42 Å². The van der Waals surface area contributed by atoms with E-state index in [0.717, 1.165) is 17.5 Å². The van der Waals surface area contributed by atoms with Crippen LogP contribution < -0.4 is 0 Å². The Morgan fingerprint density at radius 1 is 0.947 bits per heavy atom. The Labute approximate surface area is 119 Å². The molecule has 0 heterocycles. The maximum absolute atomic E-state index is 12.2. The third-order valence-corrected chi connectivity index (χ3v) is 3.82. The lowest BCUT2D eigenvalue weighted by atomic mass is 9.72. The lowest BCUT2D eigenvalue weighted by molar-refractivity contribution is -0.115. The highest BCUT2D eigenvalue weighted by molar-refractivity contribution is 6.66. The molecule has 0 saturated heterocycles. The second-order valence-corrected chi connectivity index (χ2v) is 5.00. The van der Waals surface area contributed by atoms with Crippen LogP contribution in [0.3, 0.4) is 0 Å². The third kappa shape index (κ3) is 2.57. The van der Waals surface area contributed by atoms with Crippen molar-refractivity contribution in [2.24, 2.45) is 0 Å². The summed E-state index contributed by atoms with van der Waals surface area (Å²) in [5.41, 5.74) is 1.19. The summed E-state index contributed by atoms with van der Waals surface area (Å²) in [5.74, 6) is 0. The zero-order valence-corrected chi connectivity index (χ0v) is 11.7. The number of rotatable bonds is 5. The maximum atomic E-state index is 12.2. The van der Waals surface area contributed by atoms with Crippen molar-refractivity contribution in [1.29, 1.82) is 0 Å². The number of benzene rings is 2. The fourth-order valence-electron chi connectivity index (χ4n) is 2.60. The molecule has 0 N–H and O–H groups in total. The second-order valence-electron chi connectivity index (χ2n) is 4.66. The van der Waals surface area contributed by atoms with Gasteiger partial charge in [0.25, 0.3) is 0 Å². The summed E-state index contributed by atoms with van der Waals surface area (Å²) in [6.45, 7) is 2.07. The summed E-state index contributed by atoms with van der Waals surface area (Å²) in [4.78, 5) is 12.2. The molecule has 0 fully saturated rings. The van der Waals surface area contributed by atoms with Gasteiger partial charge in [0.1, 0.15) is 0 Å². The van der Waals surface area contributed by atoms with E-state index in [1.807, 2.05) is 60.7 Å². The molecule has 1 nitrogen and oxygen atoms in total. The van der Waals surface area contributed by atoms with Crippen molar-refractivity contribution in [3.63, 3.8) is 0 Å². The molecule has 0 bridgehead atoms. The first-order valence-corrected chi connectivity index (χ1v) is 6.90. The Hall–Kier alpha value is -1.60. The van der Waals surface area contributed by atoms with Crippen LogP contribution in [0, 0.1) is 0 Å². The van der Waals surface area contributed by atoms with Crippen molar-refractivity contribution < 1.29 is 4.79 Å². The molecule has 0 aliphatic heterocycles. The molecular formula is C17H17ClO. The largest absolute Gasteiger partial charge is 0.280 e. The zero-order chi connectivity index (χ0) is 13.7. The van der Waals surface area contributed by atoms with E-state index in [-0.39, 0.29) is 5.24 Å². The zero-order valence-electron chi connectivity index (χ0n) is 11.0. The number of hydrogen-bond donors (Lipinski definition) is 0. The number of carbonyl (C=O) groups is 1. The van der Waals surface area contributed by atoms with E-state index in [4.69, 9.17) is 11.6 Å². The molecule has 0 aliphatic carbocycles. The maximum Gasteiger partial charge on any atom is 0.236 e. The fraction of sp³-hybridized carbons (Fsp3) is 0.235. The van der Waals surface area contributed by atoms with Gasteiger partial charge < -0.3 is 0 Å². The molecule has 2 rings (SSSR count). The highest BCUT2D eigenvalue weighted by atomic mass is 35.5. The Morgan fingerprint density at radius 2 is 1.37 bits per heavy atom. The lowest BCUT2D eigenvalue weighted by Gasteiger charge is -2.31. The van der Waals surface area contributed by atoms with Gasteiger partial charge in [-0.15, -0.1) is 0 Å². The molecule has 0 unspecified atom stereocenters. The van der Waals surface area contributed by atoms with Crippen LogP contribution >= 0.6 is 11.6 Å². The molecule has 0 aliphatic rings. The Kier molecular flexibility index (Phi) is 4.39. The van der Waals surface area contributed by atoms with Crippen LogP contribution in [0.2, 0.25) is 0 Å². The van der Waals surface area contributed by atoms with E-state index >= 15 is 0 Å². The standard InChI is InChI=1S/C17H17ClO/c1-2-13-17(16(18)19,14-9-5-3-6-10-14)15-11-7-4-8-12-15/h3-12H,2,13H2,1H3. The topological polar surface area (TPSA) is 17.1 Å². The monoisotopic (exact) mass is 272 g/mol. The minimum Gasteiger partial charge on any atom is -0.280 e. The van der Waals surface area contributed by atoms with Crippen molar-refractivity contribution in [1.82, 2.24) is 0 Å². The first kappa shape index (κ1) is 13.8. The number of carbonyl (C=O) groups excluding carboxylic acids is 1. The van der Waals surface area contributed by atoms with E-state index in [9.17, 15) is 4.79 Å². The Balaban J connectivity index is 2.65. The van der Waals surface area contributed by atoms with Gasteiger partial charge in [0.2, 0.25) is 5.24 Å². The molecule has 2 heteroatoms.